The van der Waals surface area contributed by atoms with E-state index in [1.54, 1.807) is 19.3 Å². The second-order valence-corrected chi connectivity index (χ2v) is 6.25. The smallest absolute Gasteiger partial charge is 0.464 e. The molecule has 0 aliphatic heterocycles. The summed E-state index contributed by atoms with van der Waals surface area (Å²) in [5, 5.41) is 9.79. The number of rotatable bonds is 7. The lowest BCUT2D eigenvalue weighted by atomic mass is 9.94. The normalized spacial score (nSPS) is 12.2. The van der Waals surface area contributed by atoms with Crippen LogP contribution in [-0.4, -0.2) is 16.5 Å². The second-order valence-electron chi connectivity index (χ2n) is 6.25. The van der Waals surface area contributed by atoms with Crippen molar-refractivity contribution in [3.05, 3.63) is 52.9 Å². The molecule has 1 aromatic carbocycles. The first-order valence-electron chi connectivity index (χ1n) is 8.70. The van der Waals surface area contributed by atoms with Gasteiger partial charge in [0, 0.05) is 29.9 Å². The van der Waals surface area contributed by atoms with Gasteiger partial charge in [-0.1, -0.05) is 6.92 Å². The Morgan fingerprint density at radius 3 is 2.54 bits per heavy atom. The highest BCUT2D eigenvalue weighted by Gasteiger charge is 2.31. The van der Waals surface area contributed by atoms with Crippen LogP contribution >= 0.6 is 0 Å². The van der Waals surface area contributed by atoms with Crippen molar-refractivity contribution < 1.29 is 27.8 Å². The highest BCUT2D eigenvalue weighted by atomic mass is 19.4. The van der Waals surface area contributed by atoms with Crippen molar-refractivity contribution in [2.45, 2.75) is 46.7 Å². The first-order valence-corrected chi connectivity index (χ1v) is 8.70. The van der Waals surface area contributed by atoms with Gasteiger partial charge in [-0.25, -0.2) is 4.98 Å². The molecule has 0 spiro atoms. The van der Waals surface area contributed by atoms with Crippen molar-refractivity contribution in [1.29, 1.82) is 0 Å². The van der Waals surface area contributed by atoms with Gasteiger partial charge < -0.3 is 20.3 Å². The quantitative estimate of drug-likeness (QED) is 0.669. The van der Waals surface area contributed by atoms with Crippen LogP contribution in [-0.2, 0) is 13.2 Å². The number of allylic oxidation sites excluding steroid dienone is 1. The number of benzene rings is 1. The molecule has 0 saturated carbocycles. The number of ether oxygens (including phenoxy) is 2. The van der Waals surface area contributed by atoms with Crippen LogP contribution < -0.4 is 15.2 Å². The van der Waals surface area contributed by atoms with Gasteiger partial charge in [0.05, 0.1) is 12.9 Å². The predicted molar refractivity (Wildman–Crippen MR) is 99.6 cm³/mol. The van der Waals surface area contributed by atoms with Crippen LogP contribution in [0.2, 0.25) is 0 Å². The number of halogens is 3. The van der Waals surface area contributed by atoms with E-state index in [9.17, 15) is 18.3 Å². The summed E-state index contributed by atoms with van der Waals surface area (Å²) in [5.74, 6) is -0.0678. The Kier molecular flexibility index (Phi) is 7.04. The van der Waals surface area contributed by atoms with Gasteiger partial charge in [-0.2, -0.15) is 0 Å². The highest BCUT2D eigenvalue weighted by molar-refractivity contribution is 5.72. The highest BCUT2D eigenvalue weighted by Crippen LogP contribution is 2.36. The summed E-state index contributed by atoms with van der Waals surface area (Å²) in [7, 11) is 0. The summed E-state index contributed by atoms with van der Waals surface area (Å²) in [6.45, 7) is 5.63. The molecule has 2 aromatic rings. The lowest BCUT2D eigenvalue weighted by Crippen LogP contribution is -2.17. The molecule has 0 aliphatic rings. The number of aliphatic hydroxyl groups excluding tert-OH is 1. The Labute approximate surface area is 161 Å². The van der Waals surface area contributed by atoms with Crippen molar-refractivity contribution in [2.24, 2.45) is 5.73 Å². The molecule has 0 saturated heterocycles. The van der Waals surface area contributed by atoms with Gasteiger partial charge in [0.15, 0.2) is 0 Å². The molecule has 0 amide bonds. The van der Waals surface area contributed by atoms with Gasteiger partial charge in [-0.3, -0.25) is 0 Å². The zero-order valence-corrected chi connectivity index (χ0v) is 15.9. The lowest BCUT2D eigenvalue weighted by Gasteiger charge is -2.18. The molecule has 8 heteroatoms. The van der Waals surface area contributed by atoms with E-state index in [-0.39, 0.29) is 13.2 Å². The maximum atomic E-state index is 12.3. The molecule has 28 heavy (non-hydrogen) atoms. The Morgan fingerprint density at radius 2 is 2.04 bits per heavy atom. The third-order valence-electron chi connectivity index (χ3n) is 4.31. The second kappa shape index (κ2) is 9.07. The zero-order valence-electron chi connectivity index (χ0n) is 15.9. The van der Waals surface area contributed by atoms with Crippen LogP contribution in [0.25, 0.3) is 11.1 Å². The minimum absolute atomic E-state index is 0.165. The summed E-state index contributed by atoms with van der Waals surface area (Å²) < 4.78 is 46.6. The van der Waals surface area contributed by atoms with E-state index < -0.39 is 12.2 Å². The Bertz CT molecular complexity index is 847. The van der Waals surface area contributed by atoms with Gasteiger partial charge in [0.1, 0.15) is 5.75 Å². The predicted octanol–water partition coefficient (Wildman–Crippen LogP) is 4.60. The molecule has 5 nitrogen and oxygen atoms in total. The molecule has 152 valence electrons. The molecule has 0 atom stereocenters. The molecule has 3 N–H and O–H groups in total. The zero-order chi connectivity index (χ0) is 20.9. The number of hydrogen-bond donors (Lipinski definition) is 2. The van der Waals surface area contributed by atoms with Crippen molar-refractivity contribution >= 4 is 0 Å². The van der Waals surface area contributed by atoms with Crippen molar-refractivity contribution in [3.8, 4) is 22.8 Å². The van der Waals surface area contributed by atoms with Crippen LogP contribution in [0.15, 0.2) is 36.2 Å². The molecule has 1 aromatic heterocycles. The molecule has 1 heterocycles. The molecule has 0 aliphatic carbocycles. The number of nitrogens with two attached hydrogens (primary N) is 1. The monoisotopic (exact) mass is 396 g/mol. The first-order chi connectivity index (χ1) is 13.2. The summed E-state index contributed by atoms with van der Waals surface area (Å²) in [5.41, 5.74) is 10.1. The maximum absolute atomic E-state index is 12.3. The fraction of sp³-hybridized carbons (Fsp3) is 0.350. The minimum atomic E-state index is -4.80. The van der Waals surface area contributed by atoms with Crippen LogP contribution in [0.1, 0.15) is 37.0 Å². The number of hydrogen-bond acceptors (Lipinski definition) is 5. The van der Waals surface area contributed by atoms with Gasteiger partial charge in [0.2, 0.25) is 5.88 Å². The van der Waals surface area contributed by atoms with Gasteiger partial charge >= 0.3 is 6.36 Å². The largest absolute Gasteiger partial charge is 0.574 e. The molecule has 0 unspecified atom stereocenters. The molecule has 0 radical (unpaired) electrons. The van der Waals surface area contributed by atoms with E-state index in [4.69, 9.17) is 10.5 Å². The third-order valence-corrected chi connectivity index (χ3v) is 4.31. The number of aromatic nitrogens is 1. The Hall–Kier alpha value is -2.58. The number of pyridine rings is 1. The summed E-state index contributed by atoms with van der Waals surface area (Å²) in [6.07, 6.45) is -1.09. The van der Waals surface area contributed by atoms with E-state index in [1.807, 2.05) is 13.8 Å². The van der Waals surface area contributed by atoms with Gasteiger partial charge in [-0.15, -0.1) is 13.2 Å². The van der Waals surface area contributed by atoms with Crippen molar-refractivity contribution in [3.63, 3.8) is 0 Å². The van der Waals surface area contributed by atoms with Crippen molar-refractivity contribution in [2.75, 3.05) is 0 Å². The van der Waals surface area contributed by atoms with Crippen LogP contribution in [0.3, 0.4) is 0 Å². The molecule has 0 fully saturated rings. The molecule has 0 bridgehead atoms. The number of alkyl halides is 3. The van der Waals surface area contributed by atoms with Gasteiger partial charge in [0.25, 0.3) is 0 Å². The average Bonchev–Trinajstić information content (AvgIpc) is 2.65. The maximum Gasteiger partial charge on any atom is 0.574 e. The van der Waals surface area contributed by atoms with Crippen LogP contribution in [0.4, 0.5) is 13.2 Å². The number of nitrogens with zero attached hydrogens (tertiary/aromatic N) is 1. The Morgan fingerprint density at radius 1 is 1.32 bits per heavy atom. The van der Waals surface area contributed by atoms with E-state index in [0.717, 1.165) is 18.1 Å². The standard InChI is InChI=1S/C20H23F3N2O3/c1-4-12(2)11-27-19-13(3)16(7-15(8-24)17(19)10-26)14-5-6-18(25-9-14)28-20(21,22)23/h5-7,9,11,26H,4,8,10,24H2,1-3H3/b12-11+. The van der Waals surface area contributed by atoms with E-state index in [1.165, 1.54) is 12.3 Å². The average molecular weight is 396 g/mol. The SMILES string of the molecule is CC/C(C)=C/Oc1c(C)c(-c2ccc(OC(F)(F)F)nc2)cc(CN)c1CO. The third kappa shape index (κ3) is 5.24. The van der Waals surface area contributed by atoms with E-state index in [0.29, 0.717) is 33.6 Å². The summed E-state index contributed by atoms with van der Waals surface area (Å²) in [6, 6.07) is 4.41. The molecule has 2 rings (SSSR count). The van der Waals surface area contributed by atoms with Crippen LogP contribution in [0, 0.1) is 6.92 Å². The first kappa shape index (κ1) is 21.7. The van der Waals surface area contributed by atoms with E-state index in [2.05, 4.69) is 9.72 Å². The summed E-state index contributed by atoms with van der Waals surface area (Å²) in [4.78, 5) is 3.72. The lowest BCUT2D eigenvalue weighted by molar-refractivity contribution is -0.276. The fourth-order valence-corrected chi connectivity index (χ4v) is 2.64. The molecular weight excluding hydrogens is 373 g/mol. The topological polar surface area (TPSA) is 77.6 Å². The minimum Gasteiger partial charge on any atom is -0.464 e. The number of aliphatic hydroxyl groups is 1. The van der Waals surface area contributed by atoms with Crippen molar-refractivity contribution in [1.82, 2.24) is 4.98 Å². The fourth-order valence-electron chi connectivity index (χ4n) is 2.64. The molecular formula is C20H23F3N2O3. The van der Waals surface area contributed by atoms with E-state index >= 15 is 0 Å². The summed E-state index contributed by atoms with van der Waals surface area (Å²) >= 11 is 0. The van der Waals surface area contributed by atoms with Gasteiger partial charge in [-0.05, 0) is 54.7 Å². The Balaban J connectivity index is 2.52. The van der Waals surface area contributed by atoms with Crippen LogP contribution in [0.5, 0.6) is 11.6 Å².